The third-order valence-electron chi connectivity index (χ3n) is 4.97. The van der Waals surface area contributed by atoms with Crippen LogP contribution < -0.4 is 5.32 Å². The molecule has 4 unspecified atom stereocenters. The molecule has 1 saturated carbocycles. The quantitative estimate of drug-likeness (QED) is 0.900. The third-order valence-corrected chi connectivity index (χ3v) is 6.29. The molecule has 1 aliphatic carbocycles. The molecule has 1 fully saturated rings. The summed E-state index contributed by atoms with van der Waals surface area (Å²) in [6.07, 6.45) is 4.57. The molecule has 1 N–H and O–H groups in total. The Morgan fingerprint density at radius 3 is 2.85 bits per heavy atom. The van der Waals surface area contributed by atoms with Crippen molar-refractivity contribution in [2.45, 2.75) is 55.7 Å². The number of rotatable bonds is 2. The fourth-order valence-electron chi connectivity index (χ4n) is 3.39. The molecule has 3 heteroatoms. The second kappa shape index (κ2) is 5.80. The van der Waals surface area contributed by atoms with Gasteiger partial charge < -0.3 is 5.32 Å². The zero-order chi connectivity index (χ0) is 14.1. The van der Waals surface area contributed by atoms with Gasteiger partial charge in [-0.3, -0.25) is 4.79 Å². The van der Waals surface area contributed by atoms with Gasteiger partial charge in [-0.15, -0.1) is 11.8 Å². The van der Waals surface area contributed by atoms with Gasteiger partial charge in [0.15, 0.2) is 0 Å². The van der Waals surface area contributed by atoms with Crippen molar-refractivity contribution in [3.8, 4) is 0 Å². The second-order valence-electron chi connectivity index (χ2n) is 6.30. The van der Waals surface area contributed by atoms with Crippen molar-refractivity contribution in [3.05, 3.63) is 29.8 Å². The molecule has 0 bridgehead atoms. The molecule has 2 nitrogen and oxygen atoms in total. The number of fused-ring (bicyclic) bond motifs is 1. The summed E-state index contributed by atoms with van der Waals surface area (Å²) in [4.78, 5) is 13.8. The highest BCUT2D eigenvalue weighted by Crippen LogP contribution is 2.37. The Balaban J connectivity index is 1.61. The lowest BCUT2D eigenvalue weighted by molar-refractivity contribution is -0.121. The fraction of sp³-hybridized carbons (Fsp3) is 0.588. The summed E-state index contributed by atoms with van der Waals surface area (Å²) in [5.41, 5.74) is 1.32. The van der Waals surface area contributed by atoms with Crippen LogP contribution in [0.5, 0.6) is 0 Å². The highest BCUT2D eigenvalue weighted by Gasteiger charge is 2.32. The molecule has 3 rings (SSSR count). The maximum absolute atomic E-state index is 12.5. The monoisotopic (exact) mass is 289 g/mol. The lowest BCUT2D eigenvalue weighted by atomic mass is 9.78. The Bertz CT molecular complexity index is 477. The third kappa shape index (κ3) is 2.73. The standard InChI is InChI=1S/C17H23NOS/c1-11-6-5-8-14(12(11)2)18-17(19)16-10-13-7-3-4-9-15(13)20-16/h3-4,7,9,11-12,14,16H,5-6,8,10H2,1-2H3,(H,18,19). The molecule has 0 aromatic heterocycles. The van der Waals surface area contributed by atoms with Gasteiger partial charge in [0.2, 0.25) is 5.91 Å². The van der Waals surface area contributed by atoms with E-state index in [1.807, 2.05) is 0 Å². The minimum atomic E-state index is 0.0665. The normalized spacial score (nSPS) is 32.7. The largest absolute Gasteiger partial charge is 0.352 e. The van der Waals surface area contributed by atoms with Crippen LogP contribution in [0.4, 0.5) is 0 Å². The van der Waals surface area contributed by atoms with Crippen molar-refractivity contribution in [1.29, 1.82) is 0 Å². The molecule has 0 radical (unpaired) electrons. The Labute approximate surface area is 125 Å². The zero-order valence-corrected chi connectivity index (χ0v) is 13.1. The SMILES string of the molecule is CC1CCCC(NC(=O)C2Cc3ccccc3S2)C1C. The molecule has 0 saturated heterocycles. The van der Waals surface area contributed by atoms with Gasteiger partial charge in [-0.1, -0.05) is 44.9 Å². The van der Waals surface area contributed by atoms with Gasteiger partial charge in [0.25, 0.3) is 0 Å². The van der Waals surface area contributed by atoms with E-state index in [-0.39, 0.29) is 11.2 Å². The van der Waals surface area contributed by atoms with Crippen LogP contribution in [0.3, 0.4) is 0 Å². The van der Waals surface area contributed by atoms with Crippen LogP contribution in [0.25, 0.3) is 0 Å². The Hall–Kier alpha value is -0.960. The van der Waals surface area contributed by atoms with Crippen LogP contribution in [-0.4, -0.2) is 17.2 Å². The number of carbonyl (C=O) groups excluding carboxylic acids is 1. The molecule has 1 heterocycles. The van der Waals surface area contributed by atoms with Crippen molar-refractivity contribution >= 4 is 17.7 Å². The topological polar surface area (TPSA) is 29.1 Å². The van der Waals surface area contributed by atoms with E-state index in [2.05, 4.69) is 43.4 Å². The van der Waals surface area contributed by atoms with Crippen LogP contribution in [0, 0.1) is 11.8 Å². The first kappa shape index (κ1) is 14.0. The van der Waals surface area contributed by atoms with Gasteiger partial charge in [0.05, 0.1) is 5.25 Å². The first-order valence-corrected chi connectivity index (χ1v) is 8.58. The lowest BCUT2D eigenvalue weighted by Crippen LogP contribution is -2.46. The van der Waals surface area contributed by atoms with Gasteiger partial charge in [-0.2, -0.15) is 0 Å². The van der Waals surface area contributed by atoms with Gasteiger partial charge in [-0.25, -0.2) is 0 Å². The number of benzene rings is 1. The fourth-order valence-corrected chi connectivity index (χ4v) is 4.59. The van der Waals surface area contributed by atoms with Gasteiger partial charge in [0.1, 0.15) is 0 Å². The zero-order valence-electron chi connectivity index (χ0n) is 12.3. The number of nitrogens with one attached hydrogen (secondary N) is 1. The van der Waals surface area contributed by atoms with Crippen molar-refractivity contribution < 1.29 is 4.79 Å². The molecule has 1 aliphatic heterocycles. The molecule has 2 aliphatic rings. The first-order chi connectivity index (χ1) is 9.65. The van der Waals surface area contributed by atoms with E-state index in [1.165, 1.54) is 23.3 Å². The average molecular weight is 289 g/mol. The Morgan fingerprint density at radius 2 is 2.05 bits per heavy atom. The summed E-state index contributed by atoms with van der Waals surface area (Å²) in [7, 11) is 0. The average Bonchev–Trinajstić information content (AvgIpc) is 2.88. The molecule has 0 spiro atoms. The molecule has 20 heavy (non-hydrogen) atoms. The molecule has 108 valence electrons. The van der Waals surface area contributed by atoms with Gasteiger partial charge in [0, 0.05) is 10.9 Å². The van der Waals surface area contributed by atoms with E-state index in [0.717, 1.165) is 18.8 Å². The number of amides is 1. The van der Waals surface area contributed by atoms with Crippen molar-refractivity contribution in [3.63, 3.8) is 0 Å². The number of hydrogen-bond donors (Lipinski definition) is 1. The van der Waals surface area contributed by atoms with E-state index in [9.17, 15) is 4.79 Å². The highest BCUT2D eigenvalue weighted by molar-refractivity contribution is 8.01. The van der Waals surface area contributed by atoms with E-state index in [1.54, 1.807) is 11.8 Å². The summed E-state index contributed by atoms with van der Waals surface area (Å²) in [6, 6.07) is 8.75. The highest BCUT2D eigenvalue weighted by atomic mass is 32.2. The summed E-state index contributed by atoms with van der Waals surface area (Å²) in [5.74, 6) is 1.56. The summed E-state index contributed by atoms with van der Waals surface area (Å²) < 4.78 is 0. The van der Waals surface area contributed by atoms with Crippen LogP contribution in [0.15, 0.2) is 29.2 Å². The van der Waals surface area contributed by atoms with E-state index >= 15 is 0 Å². The lowest BCUT2D eigenvalue weighted by Gasteiger charge is -2.35. The van der Waals surface area contributed by atoms with Crippen LogP contribution in [0.2, 0.25) is 0 Å². The molecule has 1 aromatic rings. The van der Waals surface area contributed by atoms with Crippen molar-refractivity contribution in [2.75, 3.05) is 0 Å². The predicted molar refractivity (Wildman–Crippen MR) is 83.9 cm³/mol. The summed E-state index contributed by atoms with van der Waals surface area (Å²) in [5, 5.41) is 3.38. The van der Waals surface area contributed by atoms with Crippen LogP contribution in [-0.2, 0) is 11.2 Å². The second-order valence-corrected chi connectivity index (χ2v) is 7.55. The number of hydrogen-bond acceptors (Lipinski definition) is 2. The van der Waals surface area contributed by atoms with Crippen LogP contribution >= 0.6 is 11.8 Å². The minimum Gasteiger partial charge on any atom is -0.352 e. The smallest absolute Gasteiger partial charge is 0.234 e. The first-order valence-electron chi connectivity index (χ1n) is 7.70. The van der Waals surface area contributed by atoms with E-state index in [4.69, 9.17) is 0 Å². The Morgan fingerprint density at radius 1 is 1.25 bits per heavy atom. The molecule has 4 atom stereocenters. The maximum atomic E-state index is 12.5. The molecule has 1 amide bonds. The number of carbonyl (C=O) groups is 1. The summed E-state index contributed by atoms with van der Waals surface area (Å²) in [6.45, 7) is 4.59. The van der Waals surface area contributed by atoms with Gasteiger partial charge >= 0.3 is 0 Å². The minimum absolute atomic E-state index is 0.0665. The number of thioether (sulfide) groups is 1. The van der Waals surface area contributed by atoms with Gasteiger partial charge in [-0.05, 0) is 36.3 Å². The summed E-state index contributed by atoms with van der Waals surface area (Å²) >= 11 is 1.72. The van der Waals surface area contributed by atoms with E-state index in [0.29, 0.717) is 12.0 Å². The predicted octanol–water partition coefficient (Wildman–Crippen LogP) is 3.64. The van der Waals surface area contributed by atoms with Crippen molar-refractivity contribution in [1.82, 2.24) is 5.32 Å². The molecular weight excluding hydrogens is 266 g/mol. The van der Waals surface area contributed by atoms with E-state index < -0.39 is 0 Å². The molecule has 1 aromatic carbocycles. The molecular formula is C17H23NOS. The van der Waals surface area contributed by atoms with Crippen LogP contribution in [0.1, 0.15) is 38.7 Å². The van der Waals surface area contributed by atoms with Crippen molar-refractivity contribution in [2.24, 2.45) is 11.8 Å². The maximum Gasteiger partial charge on any atom is 0.234 e. The Kier molecular flexibility index (Phi) is 4.06.